The molecule has 0 aliphatic carbocycles. The van der Waals surface area contributed by atoms with Crippen molar-refractivity contribution >= 4 is 24.0 Å². The quantitative estimate of drug-likeness (QED) is 0.819. The van der Waals surface area contributed by atoms with Crippen molar-refractivity contribution in [2.45, 2.75) is 37.9 Å². The third-order valence-corrected chi connectivity index (χ3v) is 4.21. The number of alkyl halides is 3. The van der Waals surface area contributed by atoms with E-state index in [1.54, 1.807) is 12.1 Å². The van der Waals surface area contributed by atoms with Crippen molar-refractivity contribution in [2.75, 3.05) is 11.9 Å². The Morgan fingerprint density at radius 1 is 1.27 bits per heavy atom. The molecule has 26 heavy (non-hydrogen) atoms. The molecule has 9 heteroatoms. The standard InChI is InChI=1S/C17H19F3N4O.ClH/c18-17(19,20)15-9-11-22-24(15)14-6-3-13(4-7-14)23-16(25)8-5-12-2-1-10-21-12;/h3-4,6-7,9,11-12,21H,1-2,5,8,10H2,(H,23,25);1H. The molecule has 0 saturated carbocycles. The first-order valence-electron chi connectivity index (χ1n) is 8.18. The normalized spacial score (nSPS) is 17.0. The second-order valence-corrected chi connectivity index (χ2v) is 6.05. The van der Waals surface area contributed by atoms with Crippen molar-refractivity contribution < 1.29 is 18.0 Å². The molecular weight excluding hydrogens is 369 g/mol. The van der Waals surface area contributed by atoms with Gasteiger partial charge in [-0.2, -0.15) is 18.3 Å². The van der Waals surface area contributed by atoms with Crippen molar-refractivity contribution in [3.63, 3.8) is 0 Å². The zero-order valence-electron chi connectivity index (χ0n) is 13.9. The Hall–Kier alpha value is -2.06. The second kappa shape index (κ2) is 8.55. The van der Waals surface area contributed by atoms with Gasteiger partial charge in [0.15, 0.2) is 0 Å². The van der Waals surface area contributed by atoms with E-state index in [0.717, 1.165) is 42.8 Å². The van der Waals surface area contributed by atoms with Crippen LogP contribution in [0, 0.1) is 0 Å². The lowest BCUT2D eigenvalue weighted by Gasteiger charge is -2.12. The maximum atomic E-state index is 12.9. The first-order chi connectivity index (χ1) is 11.9. The summed E-state index contributed by atoms with van der Waals surface area (Å²) >= 11 is 0. The molecule has 142 valence electrons. The number of carbonyl (C=O) groups excluding carboxylic acids is 1. The van der Waals surface area contributed by atoms with Gasteiger partial charge in [-0.25, -0.2) is 4.68 Å². The summed E-state index contributed by atoms with van der Waals surface area (Å²) in [5.74, 6) is -0.100. The average Bonchev–Trinajstić information content (AvgIpc) is 3.25. The average molecular weight is 389 g/mol. The molecule has 2 N–H and O–H groups in total. The van der Waals surface area contributed by atoms with Crippen LogP contribution in [0.1, 0.15) is 31.4 Å². The highest BCUT2D eigenvalue weighted by Gasteiger charge is 2.35. The van der Waals surface area contributed by atoms with Crippen LogP contribution in [0.15, 0.2) is 36.5 Å². The van der Waals surface area contributed by atoms with Gasteiger partial charge in [-0.3, -0.25) is 4.79 Å². The zero-order chi connectivity index (χ0) is 17.9. The lowest BCUT2D eigenvalue weighted by molar-refractivity contribution is -0.142. The fourth-order valence-corrected chi connectivity index (χ4v) is 2.94. The summed E-state index contributed by atoms with van der Waals surface area (Å²) in [6, 6.07) is 7.46. The van der Waals surface area contributed by atoms with Crippen LogP contribution in [-0.2, 0) is 11.0 Å². The molecular formula is C17H20ClF3N4O. The molecule has 1 saturated heterocycles. The van der Waals surface area contributed by atoms with E-state index in [2.05, 4.69) is 15.7 Å². The zero-order valence-corrected chi connectivity index (χ0v) is 14.7. The number of nitrogens with one attached hydrogen (secondary N) is 2. The van der Waals surface area contributed by atoms with Crippen LogP contribution in [0.3, 0.4) is 0 Å². The van der Waals surface area contributed by atoms with Gasteiger partial charge in [-0.1, -0.05) is 0 Å². The van der Waals surface area contributed by atoms with Crippen LogP contribution in [0.25, 0.3) is 5.69 Å². The molecule has 5 nitrogen and oxygen atoms in total. The van der Waals surface area contributed by atoms with E-state index in [-0.39, 0.29) is 24.0 Å². The molecule has 1 aliphatic rings. The maximum absolute atomic E-state index is 12.9. The number of amides is 1. The molecule has 1 aromatic carbocycles. The van der Waals surface area contributed by atoms with Gasteiger partial charge in [0.2, 0.25) is 5.91 Å². The highest BCUT2D eigenvalue weighted by Crippen LogP contribution is 2.30. The number of aromatic nitrogens is 2. The molecule has 1 aromatic heterocycles. The second-order valence-electron chi connectivity index (χ2n) is 6.05. The van der Waals surface area contributed by atoms with E-state index >= 15 is 0 Å². The summed E-state index contributed by atoms with van der Waals surface area (Å²) in [6.07, 6.45) is 0.0602. The summed E-state index contributed by atoms with van der Waals surface area (Å²) in [5, 5.41) is 9.82. The topological polar surface area (TPSA) is 59.0 Å². The van der Waals surface area contributed by atoms with Crippen LogP contribution in [0.2, 0.25) is 0 Å². The van der Waals surface area contributed by atoms with Crippen LogP contribution >= 0.6 is 12.4 Å². The third kappa shape index (κ3) is 4.98. The summed E-state index contributed by atoms with van der Waals surface area (Å²) in [7, 11) is 0. The number of nitrogens with zero attached hydrogens (tertiary/aromatic N) is 2. The van der Waals surface area contributed by atoms with Gasteiger partial charge in [0.1, 0.15) is 5.69 Å². The van der Waals surface area contributed by atoms with Crippen LogP contribution in [0.4, 0.5) is 18.9 Å². The number of halogens is 4. The largest absolute Gasteiger partial charge is 0.433 e. The Bertz CT molecular complexity index is 724. The van der Waals surface area contributed by atoms with Gasteiger partial charge in [-0.05, 0) is 56.1 Å². The van der Waals surface area contributed by atoms with Crippen molar-refractivity contribution in [3.05, 3.63) is 42.2 Å². The third-order valence-electron chi connectivity index (χ3n) is 4.21. The van der Waals surface area contributed by atoms with Gasteiger partial charge in [0.25, 0.3) is 0 Å². The van der Waals surface area contributed by atoms with E-state index in [9.17, 15) is 18.0 Å². The first-order valence-corrected chi connectivity index (χ1v) is 8.18. The Balaban J connectivity index is 0.00000243. The van der Waals surface area contributed by atoms with E-state index < -0.39 is 11.9 Å². The van der Waals surface area contributed by atoms with Gasteiger partial charge >= 0.3 is 6.18 Å². The molecule has 2 heterocycles. The van der Waals surface area contributed by atoms with Crippen molar-refractivity contribution in [2.24, 2.45) is 0 Å². The summed E-state index contributed by atoms with van der Waals surface area (Å²) in [6.45, 7) is 1.00. The fraction of sp³-hybridized carbons (Fsp3) is 0.412. The molecule has 1 fully saturated rings. The molecule has 1 unspecified atom stereocenters. The van der Waals surface area contributed by atoms with Gasteiger partial charge < -0.3 is 10.6 Å². The predicted molar refractivity (Wildman–Crippen MR) is 94.7 cm³/mol. The highest BCUT2D eigenvalue weighted by molar-refractivity contribution is 5.90. The molecule has 1 amide bonds. The predicted octanol–water partition coefficient (Wildman–Crippen LogP) is 3.78. The van der Waals surface area contributed by atoms with E-state index in [0.29, 0.717) is 18.2 Å². The van der Waals surface area contributed by atoms with E-state index in [4.69, 9.17) is 0 Å². The number of rotatable bonds is 5. The number of hydrogen-bond donors (Lipinski definition) is 2. The van der Waals surface area contributed by atoms with Crippen LogP contribution < -0.4 is 10.6 Å². The minimum absolute atomic E-state index is 0. The lowest BCUT2D eigenvalue weighted by atomic mass is 10.1. The van der Waals surface area contributed by atoms with Crippen LogP contribution in [-0.4, -0.2) is 28.3 Å². The van der Waals surface area contributed by atoms with Crippen molar-refractivity contribution in [1.82, 2.24) is 15.1 Å². The number of carbonyl (C=O) groups is 1. The molecule has 0 bridgehead atoms. The molecule has 0 spiro atoms. The van der Waals surface area contributed by atoms with Crippen molar-refractivity contribution in [3.8, 4) is 5.69 Å². The Morgan fingerprint density at radius 3 is 2.62 bits per heavy atom. The van der Waals surface area contributed by atoms with E-state index in [1.807, 2.05) is 0 Å². The minimum atomic E-state index is -4.47. The molecule has 1 atom stereocenters. The maximum Gasteiger partial charge on any atom is 0.433 e. The van der Waals surface area contributed by atoms with Gasteiger partial charge in [0, 0.05) is 18.2 Å². The fourth-order valence-electron chi connectivity index (χ4n) is 2.94. The highest BCUT2D eigenvalue weighted by atomic mass is 35.5. The smallest absolute Gasteiger partial charge is 0.326 e. The number of anilines is 1. The molecule has 2 aromatic rings. The summed E-state index contributed by atoms with van der Waals surface area (Å²) in [5.41, 5.74) is -0.00678. The Morgan fingerprint density at radius 2 is 2.00 bits per heavy atom. The molecule has 0 radical (unpaired) electrons. The Kier molecular flexibility index (Phi) is 6.66. The molecule has 3 rings (SSSR count). The van der Waals surface area contributed by atoms with Crippen molar-refractivity contribution in [1.29, 1.82) is 0 Å². The molecule has 1 aliphatic heterocycles. The van der Waals surface area contributed by atoms with Gasteiger partial charge in [-0.15, -0.1) is 12.4 Å². The summed E-state index contributed by atoms with van der Waals surface area (Å²) < 4.78 is 39.6. The van der Waals surface area contributed by atoms with E-state index in [1.165, 1.54) is 12.1 Å². The van der Waals surface area contributed by atoms with Gasteiger partial charge in [0.05, 0.1) is 11.9 Å². The lowest BCUT2D eigenvalue weighted by Crippen LogP contribution is -2.23. The summed E-state index contributed by atoms with van der Waals surface area (Å²) in [4.78, 5) is 12.0. The number of benzene rings is 1. The SMILES string of the molecule is Cl.O=C(CCC1CCCN1)Nc1ccc(-n2nccc2C(F)(F)F)cc1. The first kappa shape index (κ1) is 20.3. The Labute approximate surface area is 155 Å². The monoisotopic (exact) mass is 388 g/mol. The minimum Gasteiger partial charge on any atom is -0.326 e. The number of hydrogen-bond acceptors (Lipinski definition) is 3. The van der Waals surface area contributed by atoms with Crippen LogP contribution in [0.5, 0.6) is 0 Å².